The van der Waals surface area contributed by atoms with Crippen molar-refractivity contribution >= 4 is 0 Å². The fraction of sp³-hybridized carbons (Fsp3) is 1.00. The van der Waals surface area contributed by atoms with Crippen LogP contribution in [0.3, 0.4) is 0 Å². The van der Waals surface area contributed by atoms with Gasteiger partial charge in [-0.1, -0.05) is 80.6 Å². The molecule has 716 valence electrons. The Morgan fingerprint density at radius 3 is 0.731 bits per heavy atom. The van der Waals surface area contributed by atoms with Crippen LogP contribution in [0.15, 0.2) is 0 Å². The smallest absolute Gasteiger partial charge is 0.0832 e. The summed E-state index contributed by atoms with van der Waals surface area (Å²) in [5.74, 6) is 2.93. The molecule has 0 amide bonds. The number of likely N-dealkylation sites (N-methyl/N-ethyl adjacent to an activating group) is 1. The van der Waals surface area contributed by atoms with Gasteiger partial charge in [0.2, 0.25) is 0 Å². The van der Waals surface area contributed by atoms with Gasteiger partial charge in [-0.2, -0.15) is 0 Å². The molecular weight excluding hydrogens is 1470 g/mol. The first-order valence-electron chi connectivity index (χ1n) is 51.3. The topological polar surface area (TPSA) is 69.9 Å². The SMILES string of the molecule is C.CC(C)N1CCCC1.CC(C)N1CCCCC1.CC(C)N1CCCCC1.CC(C)N1CCCCC1.CC(C)N1CCCCCC1.CC(C)N1CCN(C)CC1.CC(C)OC1CN(C(C)C)C1.CC1CN(C(C)C)C1.CC1CN(C(C)C)C1.CCCC1CN(C(C)C)C1.CCCN1CCN(C(C)C)CC1.CCCNCN1CCN(C(C)C)CC1. The van der Waals surface area contributed by atoms with Gasteiger partial charge in [0.05, 0.1) is 12.2 Å². The van der Waals surface area contributed by atoms with Gasteiger partial charge in [-0.3, -0.25) is 24.5 Å². The lowest BCUT2D eigenvalue weighted by atomic mass is 9.94. The first-order valence-corrected chi connectivity index (χ1v) is 51.3. The van der Waals surface area contributed by atoms with Crippen LogP contribution in [-0.4, -0.2) is 381 Å². The van der Waals surface area contributed by atoms with Gasteiger partial charge in [-0.05, 0) is 367 Å². The lowest BCUT2D eigenvalue weighted by Gasteiger charge is -2.42. The van der Waals surface area contributed by atoms with E-state index in [4.69, 9.17) is 4.74 Å². The number of hydrogen-bond acceptors (Lipinski definition) is 17. The van der Waals surface area contributed by atoms with E-state index in [0.717, 1.165) is 104 Å². The predicted molar refractivity (Wildman–Crippen MR) is 532 cm³/mol. The number of nitrogens with one attached hydrogen (secondary N) is 1. The van der Waals surface area contributed by atoms with Crippen molar-refractivity contribution in [3.63, 3.8) is 0 Å². The summed E-state index contributed by atoms with van der Waals surface area (Å²) in [5.41, 5.74) is 0. The minimum atomic E-state index is 0. The van der Waals surface area contributed by atoms with Crippen molar-refractivity contribution in [2.45, 2.75) is 429 Å². The Morgan fingerprint density at radius 2 is 0.496 bits per heavy atom. The van der Waals surface area contributed by atoms with Crippen LogP contribution in [0.25, 0.3) is 0 Å². The molecule has 0 bridgehead atoms. The van der Waals surface area contributed by atoms with E-state index in [2.05, 4.69) is 300 Å². The Hall–Kier alpha value is -0.680. The molecule has 0 atom stereocenters. The number of piperidine rings is 3. The summed E-state index contributed by atoms with van der Waals surface area (Å²) in [6.45, 7) is 112. The first kappa shape index (κ1) is 118. The summed E-state index contributed by atoms with van der Waals surface area (Å²) in [6, 6.07) is 9.01. The number of piperazine rings is 3. The van der Waals surface area contributed by atoms with Crippen molar-refractivity contribution in [2.24, 2.45) is 17.8 Å². The number of ether oxygens (including phenoxy) is 1. The van der Waals surface area contributed by atoms with Gasteiger partial charge in [-0.25, -0.2) is 0 Å². The molecule has 0 unspecified atom stereocenters. The molecule has 0 aromatic carbocycles. The molecule has 12 aliphatic heterocycles. The summed E-state index contributed by atoms with van der Waals surface area (Å²) >= 11 is 0. The van der Waals surface area contributed by atoms with Crippen molar-refractivity contribution in [2.75, 3.05) is 223 Å². The monoisotopic (exact) mass is 1690 g/mol. The van der Waals surface area contributed by atoms with Crippen LogP contribution in [0.2, 0.25) is 0 Å². The van der Waals surface area contributed by atoms with Gasteiger partial charge in [-0.15, -0.1) is 0 Å². The third kappa shape index (κ3) is 57.8. The van der Waals surface area contributed by atoms with E-state index in [1.807, 2.05) is 0 Å². The van der Waals surface area contributed by atoms with E-state index in [0.29, 0.717) is 24.3 Å². The van der Waals surface area contributed by atoms with Crippen LogP contribution in [0.5, 0.6) is 0 Å². The minimum Gasteiger partial charge on any atom is -0.373 e. The zero-order valence-electron chi connectivity index (χ0n) is 86.2. The van der Waals surface area contributed by atoms with E-state index in [1.165, 1.54) is 312 Å². The zero-order valence-corrected chi connectivity index (χ0v) is 86.2. The molecule has 12 saturated heterocycles. The van der Waals surface area contributed by atoms with Gasteiger partial charge in [0.15, 0.2) is 0 Å². The second-order valence-corrected chi connectivity index (χ2v) is 41.6. The first-order chi connectivity index (χ1) is 55.9. The van der Waals surface area contributed by atoms with Crippen LogP contribution < -0.4 is 5.32 Å². The molecule has 17 heteroatoms. The average Bonchev–Trinajstić information content (AvgIpc) is 1.02. The van der Waals surface area contributed by atoms with Crippen LogP contribution in [0.1, 0.15) is 344 Å². The Balaban J connectivity index is 0.00000128. The number of nitrogens with zero attached hydrogens (tertiary/aromatic N) is 15. The predicted octanol–water partition coefficient (Wildman–Crippen LogP) is 19.4. The molecule has 1 N–H and O–H groups in total. The molecule has 0 aromatic heterocycles. The van der Waals surface area contributed by atoms with Crippen LogP contribution in [0.4, 0.5) is 0 Å². The van der Waals surface area contributed by atoms with Crippen LogP contribution in [-0.2, 0) is 4.74 Å². The van der Waals surface area contributed by atoms with Crippen LogP contribution >= 0.6 is 0 Å². The highest BCUT2D eigenvalue weighted by molar-refractivity contribution is 4.85. The Labute approximate surface area is 749 Å². The molecule has 0 spiro atoms. The Bertz CT molecular complexity index is 2060. The van der Waals surface area contributed by atoms with Crippen molar-refractivity contribution in [3.8, 4) is 0 Å². The minimum absolute atomic E-state index is 0. The maximum Gasteiger partial charge on any atom is 0.0832 e. The molecule has 12 rings (SSSR count). The van der Waals surface area contributed by atoms with Gasteiger partial charge >= 0.3 is 0 Å². The van der Waals surface area contributed by atoms with E-state index >= 15 is 0 Å². The molecule has 119 heavy (non-hydrogen) atoms. The fourth-order valence-electron chi connectivity index (χ4n) is 17.5. The summed E-state index contributed by atoms with van der Waals surface area (Å²) < 4.78 is 5.62. The summed E-state index contributed by atoms with van der Waals surface area (Å²) in [7, 11) is 2.19. The highest BCUT2D eigenvalue weighted by Crippen LogP contribution is 2.24. The molecule has 17 nitrogen and oxygen atoms in total. The Kier molecular flexibility index (Phi) is 70.8. The lowest BCUT2D eigenvalue weighted by Crippen LogP contribution is -2.55. The second kappa shape index (κ2) is 71.2. The lowest BCUT2D eigenvalue weighted by molar-refractivity contribution is -0.0903. The molecular formula is C102H222N16O. The largest absolute Gasteiger partial charge is 0.373 e. The van der Waals surface area contributed by atoms with E-state index in [9.17, 15) is 0 Å². The van der Waals surface area contributed by atoms with Gasteiger partial charge in [0, 0.05) is 210 Å². The molecule has 0 radical (unpaired) electrons. The van der Waals surface area contributed by atoms with Crippen molar-refractivity contribution < 1.29 is 4.74 Å². The van der Waals surface area contributed by atoms with E-state index < -0.39 is 0 Å². The fourth-order valence-corrected chi connectivity index (χ4v) is 17.5. The van der Waals surface area contributed by atoms with Crippen molar-refractivity contribution in [1.82, 2.24) is 78.8 Å². The number of hydrogen-bond donors (Lipinski definition) is 1. The average molecular weight is 1690 g/mol. The summed E-state index contributed by atoms with van der Waals surface area (Å²) in [6.07, 6.45) is 27.6. The molecule has 0 aliphatic carbocycles. The molecule has 12 fully saturated rings. The van der Waals surface area contributed by atoms with Gasteiger partial charge in [0.1, 0.15) is 0 Å². The van der Waals surface area contributed by atoms with Crippen molar-refractivity contribution in [3.05, 3.63) is 0 Å². The van der Waals surface area contributed by atoms with Crippen LogP contribution in [0, 0.1) is 17.8 Å². The Morgan fingerprint density at radius 1 is 0.261 bits per heavy atom. The quantitative estimate of drug-likeness (QED) is 0.105. The maximum atomic E-state index is 5.62. The maximum absolute atomic E-state index is 5.62. The number of likely N-dealkylation sites (tertiary alicyclic amines) is 9. The molecule has 0 aromatic rings. The normalized spacial score (nSPS) is 22.4. The third-order valence-electron chi connectivity index (χ3n) is 26.6. The highest BCUT2D eigenvalue weighted by Gasteiger charge is 2.31. The highest BCUT2D eigenvalue weighted by atomic mass is 16.5. The number of rotatable bonds is 22. The second-order valence-electron chi connectivity index (χ2n) is 41.6. The standard InChI is InChI=1S/C11H25N3.C10H22N2.C9H19NO.2C9H19N.C8H18N2.3C8H17N.3C7H15N.CH4/c1-4-5-12-10-13-6-8-14(9-7-13)11(2)3;1-4-5-11-6-8-12(9-7-11)10(2)3;1-7(2)10-5-9(6-10)11-8(3)4;1-9(2)10-7-5-3-4-6-8-10;1-4-5-9-6-10(7-9)8(2)3;1-8(2)10-6-4-9(3)5-7-10;3*1-8(2)9-6-4-3-5-7-9;2*1-6(2)8-4-7(3)5-8;1-7(2)8-5-3-4-6-8;/h11-12H,4-10H2,1-3H3;10H,4-9H2,1-3H3;7-9H,5-6H2,1-4H3;9H,3-8H2,1-2H3;8-9H,4-7H2,1-3H3;8H,4-7H2,1-3H3;3*8H,3-7H2,1-2H3;2*6-7H,4-5H2,1-3H3;7H,3-6H2,1-2H3;1H4. The summed E-state index contributed by atoms with van der Waals surface area (Å²) in [4.78, 5) is 37.8. The summed E-state index contributed by atoms with van der Waals surface area (Å²) in [5, 5.41) is 3.46. The molecule has 12 aliphatic rings. The zero-order chi connectivity index (χ0) is 88.7. The van der Waals surface area contributed by atoms with E-state index in [1.54, 1.807) is 0 Å². The van der Waals surface area contributed by atoms with Crippen molar-refractivity contribution in [1.29, 1.82) is 0 Å². The van der Waals surface area contributed by atoms with Gasteiger partial charge in [0.25, 0.3) is 0 Å². The van der Waals surface area contributed by atoms with E-state index in [-0.39, 0.29) is 7.43 Å². The van der Waals surface area contributed by atoms with Gasteiger partial charge < -0.3 is 59.1 Å². The molecule has 12 heterocycles. The third-order valence-corrected chi connectivity index (χ3v) is 26.6. The molecule has 0 saturated carbocycles.